The first-order chi connectivity index (χ1) is 42.0. The van der Waals surface area contributed by atoms with Crippen LogP contribution in [0.2, 0.25) is 0 Å². The molecule has 0 fully saturated rings. The van der Waals surface area contributed by atoms with Gasteiger partial charge in [0.2, 0.25) is 0 Å². The number of fused-ring (bicyclic) bond motifs is 4. The molecule has 2 aliphatic carbocycles. The van der Waals surface area contributed by atoms with Crippen molar-refractivity contribution in [2.75, 3.05) is 0 Å². The highest BCUT2D eigenvalue weighted by molar-refractivity contribution is 7.29. The maximum absolute atomic E-state index is 14.4. The van der Waals surface area contributed by atoms with E-state index in [9.17, 15) is 19.2 Å². The molecule has 0 radical (unpaired) electrons. The summed E-state index contributed by atoms with van der Waals surface area (Å²) in [5, 5.41) is 2.50. The normalized spacial score (nSPS) is 15.3. The standard InChI is InChI=1S/C76H86O4S6/c1-9-17-21-23-31-47-41-61(83-73(47)67-69(77)51-33-25-26-34-52(51)70(67)78)63-43-55-65(59-39-37-57(81-59)49(15-7)45(13-5)29-19-11-3)76-56(66(75(55)85-63)60-40-38-58(82-60)50(16-8)46(14-6)30-20-12-4)44-64(86-76)62-42-48(32-24-22-18-10-2)74(84-62)68-71(79)53-35-27-28-36-54(53)72(68)80/h25-28,33-46,49-50,67-68H,9-24,29-32H2,1-8H3. The second kappa shape index (κ2) is 28.3. The molecule has 3 aromatic carbocycles. The zero-order valence-electron chi connectivity index (χ0n) is 51.9. The minimum Gasteiger partial charge on any atom is -0.293 e. The Hall–Kier alpha value is -4.94. The number of benzene rings is 3. The van der Waals surface area contributed by atoms with Gasteiger partial charge in [0, 0.05) is 102 Å². The summed E-state index contributed by atoms with van der Waals surface area (Å²) in [6.07, 6.45) is 22.4. The van der Waals surface area contributed by atoms with E-state index in [0.717, 1.165) is 121 Å². The van der Waals surface area contributed by atoms with Gasteiger partial charge in [0.1, 0.15) is 11.8 Å². The molecule has 0 amide bonds. The van der Waals surface area contributed by atoms with Crippen LogP contribution in [0.1, 0.15) is 267 Å². The number of unbranched alkanes of at least 4 members (excludes halogenated alkanes) is 8. The summed E-state index contributed by atoms with van der Waals surface area (Å²) >= 11 is 11.1. The first-order valence-corrected chi connectivity index (χ1v) is 37.7. The summed E-state index contributed by atoms with van der Waals surface area (Å²) in [5.74, 6) is 0.284. The van der Waals surface area contributed by atoms with Crippen LogP contribution in [0.3, 0.4) is 0 Å². The van der Waals surface area contributed by atoms with Crippen molar-refractivity contribution >= 4 is 111 Å². The van der Waals surface area contributed by atoms with Crippen LogP contribution in [0.25, 0.3) is 60.6 Å². The van der Waals surface area contributed by atoms with Crippen molar-refractivity contribution in [1.82, 2.24) is 0 Å². The quantitative estimate of drug-likeness (QED) is 0.0332. The van der Waals surface area contributed by atoms with Crippen molar-refractivity contribution in [2.45, 2.75) is 207 Å². The number of Topliss-reactive ketones (excluding diaryl/α,β-unsaturated/α-hetero) is 4. The Morgan fingerprint density at radius 1 is 0.360 bits per heavy atom. The molecule has 0 bridgehead atoms. The molecular weight excluding hydrogens is 1170 g/mol. The third kappa shape index (κ3) is 12.2. The number of hydrogen-bond donors (Lipinski definition) is 0. The summed E-state index contributed by atoms with van der Waals surface area (Å²) < 4.78 is 2.54. The molecule has 0 saturated heterocycles. The summed E-state index contributed by atoms with van der Waals surface area (Å²) in [6.45, 7) is 18.6. The maximum atomic E-state index is 14.4. The first kappa shape index (κ1) is 62.7. The highest BCUT2D eigenvalue weighted by Crippen LogP contribution is 2.57. The van der Waals surface area contributed by atoms with Crippen LogP contribution in [0.5, 0.6) is 0 Å². The highest BCUT2D eigenvalue weighted by Gasteiger charge is 2.43. The molecule has 0 N–H and O–H groups in total. The van der Waals surface area contributed by atoms with E-state index in [0.29, 0.717) is 45.9 Å². The SMILES string of the molecule is CCCCCCc1cc(-c2cc3c(-c4ccc(C(CC)C(CC)CCCC)s4)c4sc(-c5cc(CCCCCC)c(C6C(=O)c7ccccc7C6=O)s5)cc4c(-c4ccc(C(CC)C(CC)CCCC)s4)c3s2)sc1C1C(=O)c2ccccc2C1=O. The van der Waals surface area contributed by atoms with E-state index in [-0.39, 0.29) is 23.1 Å². The van der Waals surface area contributed by atoms with Gasteiger partial charge >= 0.3 is 0 Å². The lowest BCUT2D eigenvalue weighted by molar-refractivity contribution is 0.0875. The molecule has 6 heterocycles. The molecule has 2 aliphatic rings. The topological polar surface area (TPSA) is 68.3 Å². The monoisotopic (exact) mass is 1250 g/mol. The molecule has 0 aliphatic heterocycles. The highest BCUT2D eigenvalue weighted by atomic mass is 32.1. The van der Waals surface area contributed by atoms with Crippen molar-refractivity contribution in [2.24, 2.45) is 11.8 Å². The number of carbonyl (C=O) groups excluding carboxylic acids is 4. The van der Waals surface area contributed by atoms with Crippen molar-refractivity contribution in [3.05, 3.63) is 150 Å². The van der Waals surface area contributed by atoms with E-state index in [4.69, 9.17) is 0 Å². The molecule has 86 heavy (non-hydrogen) atoms. The van der Waals surface area contributed by atoms with E-state index in [1.54, 1.807) is 22.7 Å². The summed E-state index contributed by atoms with van der Waals surface area (Å²) in [6, 6.07) is 34.2. The molecule has 0 spiro atoms. The number of aryl methyl sites for hydroxylation is 2. The summed E-state index contributed by atoms with van der Waals surface area (Å²) in [4.78, 5) is 69.6. The van der Waals surface area contributed by atoms with E-state index < -0.39 is 11.8 Å². The molecule has 6 aromatic heterocycles. The zero-order chi connectivity index (χ0) is 60.2. The van der Waals surface area contributed by atoms with Crippen LogP contribution in [-0.2, 0) is 12.8 Å². The van der Waals surface area contributed by atoms with Gasteiger partial charge in [-0.3, -0.25) is 19.2 Å². The summed E-state index contributed by atoms with van der Waals surface area (Å²) in [5.41, 5.74) is 7.02. The van der Waals surface area contributed by atoms with Crippen molar-refractivity contribution in [3.63, 3.8) is 0 Å². The molecule has 4 unspecified atom stereocenters. The Bertz CT molecular complexity index is 3510. The van der Waals surface area contributed by atoms with Gasteiger partial charge in [0.15, 0.2) is 23.1 Å². The second-order valence-electron chi connectivity index (χ2n) is 24.5. The number of hydrogen-bond acceptors (Lipinski definition) is 10. The largest absolute Gasteiger partial charge is 0.293 e. The zero-order valence-corrected chi connectivity index (χ0v) is 56.8. The molecule has 4 atom stereocenters. The summed E-state index contributed by atoms with van der Waals surface area (Å²) in [7, 11) is 0. The van der Waals surface area contributed by atoms with Gasteiger partial charge in [-0.1, -0.05) is 181 Å². The van der Waals surface area contributed by atoms with Gasteiger partial charge in [0.25, 0.3) is 0 Å². The van der Waals surface area contributed by atoms with Crippen LogP contribution < -0.4 is 0 Å². The Morgan fingerprint density at radius 2 is 0.721 bits per heavy atom. The molecular formula is C76H86O4S6. The van der Waals surface area contributed by atoms with E-state index in [1.807, 2.05) is 93.9 Å². The Labute approximate surface area is 535 Å². The average Bonchev–Trinajstić information content (AvgIpc) is 2.99. The Kier molecular flexibility index (Phi) is 20.6. The first-order valence-electron chi connectivity index (χ1n) is 32.8. The molecule has 0 saturated carbocycles. The molecule has 11 rings (SSSR count). The van der Waals surface area contributed by atoms with Gasteiger partial charge < -0.3 is 0 Å². The van der Waals surface area contributed by atoms with Crippen LogP contribution in [0, 0.1) is 11.8 Å². The minimum absolute atomic E-state index is 0.0726. The molecule has 9 aromatic rings. The third-order valence-corrected chi connectivity index (χ3v) is 26.8. The third-order valence-electron chi connectivity index (χ3n) is 19.1. The van der Waals surface area contributed by atoms with Crippen molar-refractivity contribution < 1.29 is 19.2 Å². The molecule has 450 valence electrons. The van der Waals surface area contributed by atoms with E-state index >= 15 is 0 Å². The van der Waals surface area contributed by atoms with Crippen LogP contribution >= 0.6 is 68.0 Å². The fourth-order valence-electron chi connectivity index (χ4n) is 14.4. The van der Waals surface area contributed by atoms with Gasteiger partial charge in [-0.25, -0.2) is 0 Å². The lowest BCUT2D eigenvalue weighted by Crippen LogP contribution is -2.13. The van der Waals surface area contributed by atoms with Gasteiger partial charge in [-0.05, 0) is 135 Å². The van der Waals surface area contributed by atoms with Gasteiger partial charge in [-0.2, -0.15) is 0 Å². The van der Waals surface area contributed by atoms with E-state index in [2.05, 4.69) is 104 Å². The Balaban J connectivity index is 1.15. The van der Waals surface area contributed by atoms with E-state index in [1.165, 1.54) is 99.1 Å². The van der Waals surface area contributed by atoms with Crippen molar-refractivity contribution in [3.8, 4) is 40.4 Å². The average molecular weight is 1260 g/mol. The molecule has 10 heteroatoms. The minimum atomic E-state index is -0.813. The number of ketones is 4. The fourth-order valence-corrected chi connectivity index (χ4v) is 22.4. The molecule has 4 nitrogen and oxygen atoms in total. The lowest BCUT2D eigenvalue weighted by atomic mass is 9.83. The number of carbonyl (C=O) groups is 4. The van der Waals surface area contributed by atoms with Crippen LogP contribution in [0.4, 0.5) is 0 Å². The van der Waals surface area contributed by atoms with Crippen LogP contribution in [0.15, 0.2) is 97.1 Å². The van der Waals surface area contributed by atoms with Gasteiger partial charge in [-0.15, -0.1) is 68.0 Å². The van der Waals surface area contributed by atoms with Crippen LogP contribution in [-0.4, -0.2) is 23.1 Å². The Morgan fingerprint density at radius 3 is 1.06 bits per heavy atom. The lowest BCUT2D eigenvalue weighted by Gasteiger charge is -2.24. The number of thiophene rings is 6. The number of rotatable bonds is 30. The maximum Gasteiger partial charge on any atom is 0.179 e. The predicted molar refractivity (Wildman–Crippen MR) is 375 cm³/mol. The predicted octanol–water partition coefficient (Wildman–Crippen LogP) is 25.0. The fraction of sp³-hybridized carbons (Fsp3) is 0.447. The van der Waals surface area contributed by atoms with Gasteiger partial charge in [0.05, 0.1) is 0 Å². The van der Waals surface area contributed by atoms with Crippen molar-refractivity contribution in [1.29, 1.82) is 0 Å². The smallest absolute Gasteiger partial charge is 0.179 e. The second-order valence-corrected chi connectivity index (χ2v) is 31.0.